The molecular weight excluding hydrogens is 186 g/mol. The molecule has 0 atom stereocenters. The van der Waals surface area contributed by atoms with Gasteiger partial charge in [-0.1, -0.05) is 11.6 Å². The lowest BCUT2D eigenvalue weighted by atomic mass is 10.2. The van der Waals surface area contributed by atoms with Gasteiger partial charge in [0.25, 0.3) is 0 Å². The molecule has 2 aromatic heterocycles. The van der Waals surface area contributed by atoms with Gasteiger partial charge in [0.1, 0.15) is 10.8 Å². The number of H-pyrrole nitrogens is 1. The van der Waals surface area contributed by atoms with Gasteiger partial charge in [0, 0.05) is 17.1 Å². The molecule has 0 amide bonds. The highest BCUT2D eigenvalue weighted by molar-refractivity contribution is 6.31. The average Bonchev–Trinajstić information content (AvgIpc) is 2.44. The Morgan fingerprint density at radius 2 is 2.46 bits per heavy atom. The molecule has 2 rings (SSSR count). The summed E-state index contributed by atoms with van der Waals surface area (Å²) in [7, 11) is 0. The maximum Gasteiger partial charge on any atom is 0.138 e. The van der Waals surface area contributed by atoms with Gasteiger partial charge in [-0.2, -0.15) is 5.26 Å². The van der Waals surface area contributed by atoms with E-state index in [1.807, 2.05) is 12.1 Å². The minimum absolute atomic E-state index is 0.310. The minimum atomic E-state index is 0.310. The van der Waals surface area contributed by atoms with Crippen molar-refractivity contribution < 1.29 is 0 Å². The first-order chi connectivity index (χ1) is 6.33. The standard InChI is InChI=1S/C9H6ClN3/c10-8-6(3-4-11)7-2-1-5-12-9(7)13-8/h1-2,5H,3H2,(H,12,13). The summed E-state index contributed by atoms with van der Waals surface area (Å²) >= 11 is 5.90. The van der Waals surface area contributed by atoms with E-state index in [1.165, 1.54) is 0 Å². The van der Waals surface area contributed by atoms with E-state index in [0.29, 0.717) is 11.6 Å². The molecule has 0 fully saturated rings. The van der Waals surface area contributed by atoms with Crippen molar-refractivity contribution in [3.63, 3.8) is 0 Å². The molecule has 1 N–H and O–H groups in total. The molecular formula is C9H6ClN3. The molecule has 0 aliphatic heterocycles. The molecule has 2 aromatic rings. The molecule has 0 unspecified atom stereocenters. The van der Waals surface area contributed by atoms with E-state index >= 15 is 0 Å². The monoisotopic (exact) mass is 191 g/mol. The molecule has 0 aromatic carbocycles. The number of hydrogen-bond donors (Lipinski definition) is 1. The first kappa shape index (κ1) is 8.09. The Hall–Kier alpha value is -1.53. The Morgan fingerprint density at radius 1 is 1.62 bits per heavy atom. The number of halogens is 1. The first-order valence-electron chi connectivity index (χ1n) is 3.81. The van der Waals surface area contributed by atoms with Crippen LogP contribution in [0.5, 0.6) is 0 Å². The Bertz CT molecular complexity index is 481. The van der Waals surface area contributed by atoms with Crippen molar-refractivity contribution in [2.45, 2.75) is 6.42 Å². The van der Waals surface area contributed by atoms with E-state index in [0.717, 1.165) is 16.6 Å². The molecule has 3 nitrogen and oxygen atoms in total. The molecule has 13 heavy (non-hydrogen) atoms. The van der Waals surface area contributed by atoms with Crippen molar-refractivity contribution in [3.8, 4) is 6.07 Å². The van der Waals surface area contributed by atoms with E-state index in [-0.39, 0.29) is 0 Å². The summed E-state index contributed by atoms with van der Waals surface area (Å²) in [6, 6.07) is 5.80. The van der Waals surface area contributed by atoms with Gasteiger partial charge in [0.05, 0.1) is 12.5 Å². The van der Waals surface area contributed by atoms with Crippen LogP contribution in [0.15, 0.2) is 18.3 Å². The number of rotatable bonds is 1. The number of pyridine rings is 1. The van der Waals surface area contributed by atoms with Crippen molar-refractivity contribution in [2.24, 2.45) is 0 Å². The van der Waals surface area contributed by atoms with Crippen LogP contribution in [0.2, 0.25) is 5.15 Å². The van der Waals surface area contributed by atoms with Gasteiger partial charge in [0.15, 0.2) is 0 Å². The lowest BCUT2D eigenvalue weighted by molar-refractivity contribution is 1.27. The molecule has 4 heteroatoms. The number of nitrogens with zero attached hydrogens (tertiary/aromatic N) is 2. The smallest absolute Gasteiger partial charge is 0.138 e. The van der Waals surface area contributed by atoms with Crippen molar-refractivity contribution in [1.29, 1.82) is 5.26 Å². The fourth-order valence-corrected chi connectivity index (χ4v) is 1.56. The van der Waals surface area contributed by atoms with E-state index < -0.39 is 0 Å². The number of fused-ring (bicyclic) bond motifs is 1. The summed E-state index contributed by atoms with van der Waals surface area (Å²) in [6.07, 6.45) is 2.00. The zero-order chi connectivity index (χ0) is 9.26. The number of hydrogen-bond acceptors (Lipinski definition) is 2. The lowest BCUT2D eigenvalue weighted by Crippen LogP contribution is -1.79. The molecule has 0 saturated carbocycles. The SMILES string of the molecule is N#CCc1c(Cl)[nH]c2ncccc12. The number of nitrogens with one attached hydrogen (secondary N) is 1. The van der Waals surface area contributed by atoms with Crippen LogP contribution in [-0.2, 0) is 6.42 Å². The third-order valence-corrected chi connectivity index (χ3v) is 2.20. The average molecular weight is 192 g/mol. The van der Waals surface area contributed by atoms with Gasteiger partial charge in [-0.3, -0.25) is 0 Å². The molecule has 2 heterocycles. The first-order valence-corrected chi connectivity index (χ1v) is 4.18. The quantitative estimate of drug-likeness (QED) is 0.752. The fraction of sp³-hybridized carbons (Fsp3) is 0.111. The van der Waals surface area contributed by atoms with Crippen molar-refractivity contribution in [2.75, 3.05) is 0 Å². The highest BCUT2D eigenvalue weighted by Crippen LogP contribution is 2.24. The van der Waals surface area contributed by atoms with Gasteiger partial charge in [-0.05, 0) is 12.1 Å². The Morgan fingerprint density at radius 3 is 3.23 bits per heavy atom. The van der Waals surface area contributed by atoms with Gasteiger partial charge in [-0.25, -0.2) is 4.98 Å². The van der Waals surface area contributed by atoms with E-state index in [1.54, 1.807) is 6.20 Å². The predicted octanol–water partition coefficient (Wildman–Crippen LogP) is 2.28. The summed E-state index contributed by atoms with van der Waals surface area (Å²) in [4.78, 5) is 7.01. The largest absolute Gasteiger partial charge is 0.330 e. The zero-order valence-corrected chi connectivity index (χ0v) is 7.47. The van der Waals surface area contributed by atoms with E-state index in [2.05, 4.69) is 16.0 Å². The van der Waals surface area contributed by atoms with Crippen LogP contribution in [0, 0.1) is 11.3 Å². The Labute approximate surface area is 80.0 Å². The summed E-state index contributed by atoms with van der Waals surface area (Å²) in [5.41, 5.74) is 1.56. The van der Waals surface area contributed by atoms with Gasteiger partial charge >= 0.3 is 0 Å². The molecule has 0 aliphatic rings. The van der Waals surface area contributed by atoms with Gasteiger partial charge < -0.3 is 4.98 Å². The van der Waals surface area contributed by atoms with Gasteiger partial charge in [-0.15, -0.1) is 0 Å². The molecule has 0 bridgehead atoms. The second kappa shape index (κ2) is 3.08. The van der Waals surface area contributed by atoms with Crippen LogP contribution in [-0.4, -0.2) is 9.97 Å². The van der Waals surface area contributed by atoms with Crippen LogP contribution in [0.25, 0.3) is 11.0 Å². The van der Waals surface area contributed by atoms with Crippen LogP contribution in [0.4, 0.5) is 0 Å². The highest BCUT2D eigenvalue weighted by atomic mass is 35.5. The van der Waals surface area contributed by atoms with Crippen LogP contribution in [0.1, 0.15) is 5.56 Å². The molecule has 0 aliphatic carbocycles. The number of aromatic nitrogens is 2. The summed E-state index contributed by atoms with van der Waals surface area (Å²) in [5, 5.41) is 10.0. The maximum absolute atomic E-state index is 8.58. The van der Waals surface area contributed by atoms with Crippen LogP contribution in [0.3, 0.4) is 0 Å². The Balaban J connectivity index is 2.73. The van der Waals surface area contributed by atoms with E-state index in [4.69, 9.17) is 16.9 Å². The minimum Gasteiger partial charge on any atom is -0.330 e. The van der Waals surface area contributed by atoms with Crippen LogP contribution < -0.4 is 0 Å². The van der Waals surface area contributed by atoms with Crippen LogP contribution >= 0.6 is 11.6 Å². The summed E-state index contributed by atoms with van der Waals surface area (Å²) in [5.74, 6) is 0. The van der Waals surface area contributed by atoms with Crippen molar-refractivity contribution in [1.82, 2.24) is 9.97 Å². The van der Waals surface area contributed by atoms with Crippen molar-refractivity contribution >= 4 is 22.6 Å². The van der Waals surface area contributed by atoms with E-state index in [9.17, 15) is 0 Å². The second-order valence-corrected chi connectivity index (χ2v) is 3.03. The third-order valence-electron chi connectivity index (χ3n) is 1.88. The highest BCUT2D eigenvalue weighted by Gasteiger charge is 2.08. The number of nitriles is 1. The lowest BCUT2D eigenvalue weighted by Gasteiger charge is -1.90. The normalized spacial score (nSPS) is 10.2. The molecule has 0 radical (unpaired) electrons. The molecule has 0 spiro atoms. The zero-order valence-electron chi connectivity index (χ0n) is 6.71. The van der Waals surface area contributed by atoms with Crippen molar-refractivity contribution in [3.05, 3.63) is 29.0 Å². The second-order valence-electron chi connectivity index (χ2n) is 2.65. The molecule has 0 saturated heterocycles. The molecule has 64 valence electrons. The fourth-order valence-electron chi connectivity index (χ4n) is 1.30. The Kier molecular flexibility index (Phi) is 1.91. The topological polar surface area (TPSA) is 52.5 Å². The third kappa shape index (κ3) is 1.25. The summed E-state index contributed by atoms with van der Waals surface area (Å²) in [6.45, 7) is 0. The predicted molar refractivity (Wildman–Crippen MR) is 50.4 cm³/mol. The summed E-state index contributed by atoms with van der Waals surface area (Å²) < 4.78 is 0. The van der Waals surface area contributed by atoms with Gasteiger partial charge in [0.2, 0.25) is 0 Å². The maximum atomic E-state index is 8.58. The number of aromatic amines is 1.